The quantitative estimate of drug-likeness (QED) is 0.727. The molecule has 138 valence electrons. The summed E-state index contributed by atoms with van der Waals surface area (Å²) in [6.07, 6.45) is -3.90. The summed E-state index contributed by atoms with van der Waals surface area (Å²) in [5.41, 5.74) is 5.71. The summed E-state index contributed by atoms with van der Waals surface area (Å²) in [4.78, 5) is 23.1. The second kappa shape index (κ2) is 8.48. The third-order valence-electron chi connectivity index (χ3n) is 3.80. The molecule has 0 aromatic heterocycles. The van der Waals surface area contributed by atoms with Crippen LogP contribution in [-0.2, 0) is 17.4 Å². The van der Waals surface area contributed by atoms with Crippen LogP contribution in [0.2, 0.25) is 0 Å². The van der Waals surface area contributed by atoms with Gasteiger partial charge in [-0.1, -0.05) is 42.5 Å². The molecule has 8 heteroatoms. The summed E-state index contributed by atoms with van der Waals surface area (Å²) in [5.74, 6) is -0.545. The number of rotatable bonds is 6. The molecule has 3 amide bonds. The van der Waals surface area contributed by atoms with E-state index in [-0.39, 0.29) is 0 Å². The number of amides is 3. The molecule has 26 heavy (non-hydrogen) atoms. The molecule has 0 heterocycles. The predicted molar refractivity (Wildman–Crippen MR) is 88.8 cm³/mol. The van der Waals surface area contributed by atoms with Gasteiger partial charge < -0.3 is 11.1 Å². The Morgan fingerprint density at radius 2 is 1.65 bits per heavy atom. The Balaban J connectivity index is 2.01. The molecule has 0 aliphatic rings. The van der Waals surface area contributed by atoms with E-state index in [1.807, 2.05) is 0 Å². The van der Waals surface area contributed by atoms with E-state index in [0.29, 0.717) is 18.5 Å². The van der Waals surface area contributed by atoms with Crippen molar-refractivity contribution >= 4 is 11.9 Å². The molecule has 0 aliphatic heterocycles. The predicted octanol–water partition coefficient (Wildman–Crippen LogP) is 1.75. The molecule has 5 N–H and O–H groups in total. The molecule has 5 nitrogen and oxygen atoms in total. The normalized spacial score (nSPS) is 12.4. The lowest BCUT2D eigenvalue weighted by Gasteiger charge is -2.15. The summed E-state index contributed by atoms with van der Waals surface area (Å²) in [7, 11) is 0. The lowest BCUT2D eigenvalue weighted by molar-refractivity contribution is -0.682. The Morgan fingerprint density at radius 3 is 2.19 bits per heavy atom. The maximum absolute atomic E-state index is 12.6. The Bertz CT molecular complexity index is 747. The number of hydrogen-bond donors (Lipinski definition) is 3. The Hall–Kier alpha value is -2.87. The number of hydrogen-bond acceptors (Lipinski definition) is 2. The summed E-state index contributed by atoms with van der Waals surface area (Å²) >= 11 is 0. The minimum absolute atomic E-state index is 0.442. The number of carbonyl (C=O) groups is 2. The van der Waals surface area contributed by atoms with E-state index in [1.54, 1.807) is 35.6 Å². The van der Waals surface area contributed by atoms with Gasteiger partial charge in [0.25, 0.3) is 5.91 Å². The zero-order chi connectivity index (χ0) is 19.2. The van der Waals surface area contributed by atoms with E-state index in [2.05, 4.69) is 5.32 Å². The van der Waals surface area contributed by atoms with Gasteiger partial charge in [-0.2, -0.15) is 13.2 Å². The minimum atomic E-state index is -4.37. The van der Waals surface area contributed by atoms with E-state index in [9.17, 15) is 22.8 Å². The van der Waals surface area contributed by atoms with Crippen molar-refractivity contribution in [2.45, 2.75) is 18.6 Å². The molecule has 2 aromatic rings. The summed E-state index contributed by atoms with van der Waals surface area (Å²) in [5, 5.41) is 3.77. The van der Waals surface area contributed by atoms with Crippen molar-refractivity contribution in [2.24, 2.45) is 5.73 Å². The van der Waals surface area contributed by atoms with Crippen LogP contribution in [0.5, 0.6) is 0 Å². The number of quaternary nitrogens is 1. The van der Waals surface area contributed by atoms with Crippen LogP contribution < -0.4 is 16.4 Å². The molecule has 0 spiro atoms. The number of nitrogens with one attached hydrogen (secondary N) is 1. The number of carbonyl (C=O) groups excluding carboxylic acids is 2. The first kappa shape index (κ1) is 19.5. The van der Waals surface area contributed by atoms with Crippen molar-refractivity contribution in [1.29, 1.82) is 0 Å². The Labute approximate surface area is 148 Å². The fraction of sp³-hybridized carbons (Fsp3) is 0.222. The SMILES string of the molecule is NC(=O)NC(=O)[C@H]([NH2+]CCc1ccc(C(F)(F)F)cc1)c1ccccc1. The van der Waals surface area contributed by atoms with Gasteiger partial charge in [0.2, 0.25) is 0 Å². The van der Waals surface area contributed by atoms with Crippen molar-refractivity contribution in [1.82, 2.24) is 5.32 Å². The van der Waals surface area contributed by atoms with E-state index >= 15 is 0 Å². The number of alkyl halides is 3. The van der Waals surface area contributed by atoms with Gasteiger partial charge in [-0.15, -0.1) is 0 Å². The highest BCUT2D eigenvalue weighted by Gasteiger charge is 2.30. The second-order valence-electron chi connectivity index (χ2n) is 5.71. The molecule has 0 radical (unpaired) electrons. The molecule has 2 aromatic carbocycles. The van der Waals surface area contributed by atoms with Crippen LogP contribution in [0.4, 0.5) is 18.0 Å². The largest absolute Gasteiger partial charge is 0.416 e. The van der Waals surface area contributed by atoms with E-state index in [4.69, 9.17) is 5.73 Å². The maximum Gasteiger partial charge on any atom is 0.416 e. The summed E-state index contributed by atoms with van der Waals surface area (Å²) in [6, 6.07) is 12.1. The number of imide groups is 1. The first-order valence-corrected chi connectivity index (χ1v) is 7.92. The van der Waals surface area contributed by atoms with Crippen LogP contribution in [0.15, 0.2) is 54.6 Å². The topological polar surface area (TPSA) is 88.8 Å². The van der Waals surface area contributed by atoms with Crippen LogP contribution in [0, 0.1) is 0 Å². The first-order chi connectivity index (χ1) is 12.3. The van der Waals surface area contributed by atoms with Gasteiger partial charge in [-0.25, -0.2) is 4.79 Å². The highest BCUT2D eigenvalue weighted by atomic mass is 19.4. The molecule has 0 aliphatic carbocycles. The van der Waals surface area contributed by atoms with Crippen LogP contribution in [-0.4, -0.2) is 18.5 Å². The van der Waals surface area contributed by atoms with Gasteiger partial charge in [-0.3, -0.25) is 10.1 Å². The molecule has 2 rings (SSSR count). The van der Waals surface area contributed by atoms with Gasteiger partial charge >= 0.3 is 12.2 Å². The third-order valence-corrected chi connectivity index (χ3v) is 3.80. The standard InChI is InChI=1S/C18H18F3N3O2/c19-18(20,21)14-8-6-12(7-9-14)10-11-23-15(16(25)24-17(22)26)13-4-2-1-3-5-13/h1-9,15,23H,10-11H2,(H3,22,24,25,26)/p+1/t15-/m1/s1. The highest BCUT2D eigenvalue weighted by Crippen LogP contribution is 2.29. The third kappa shape index (κ3) is 5.59. The molecule has 0 saturated carbocycles. The first-order valence-electron chi connectivity index (χ1n) is 7.92. The van der Waals surface area contributed by atoms with Crippen molar-refractivity contribution < 1.29 is 28.1 Å². The van der Waals surface area contributed by atoms with Crippen molar-refractivity contribution in [3.8, 4) is 0 Å². The Kier molecular flexibility index (Phi) is 6.35. The average Bonchev–Trinajstić information content (AvgIpc) is 2.58. The van der Waals surface area contributed by atoms with Gasteiger partial charge in [0, 0.05) is 12.0 Å². The smallest absolute Gasteiger partial charge is 0.351 e. The maximum atomic E-state index is 12.6. The molecule has 1 atom stereocenters. The number of urea groups is 1. The zero-order valence-electron chi connectivity index (χ0n) is 13.8. The average molecular weight is 366 g/mol. The lowest BCUT2D eigenvalue weighted by atomic mass is 10.0. The number of primary amides is 1. The lowest BCUT2D eigenvalue weighted by Crippen LogP contribution is -2.88. The number of halogens is 3. The summed E-state index contributed by atoms with van der Waals surface area (Å²) in [6.45, 7) is 0.442. The number of nitrogens with two attached hydrogens (primary N) is 2. The van der Waals surface area contributed by atoms with Crippen molar-refractivity contribution in [3.05, 3.63) is 71.3 Å². The van der Waals surface area contributed by atoms with Gasteiger partial charge in [-0.05, 0) is 17.7 Å². The molecular formula is C18H19F3N3O2+. The van der Waals surface area contributed by atoms with E-state index in [1.165, 1.54) is 12.1 Å². The second-order valence-corrected chi connectivity index (χ2v) is 5.71. The molecule has 0 unspecified atom stereocenters. The molecular weight excluding hydrogens is 347 g/mol. The minimum Gasteiger partial charge on any atom is -0.351 e. The molecule has 0 fully saturated rings. The molecule has 0 bridgehead atoms. The van der Waals surface area contributed by atoms with Crippen LogP contribution in [0.1, 0.15) is 22.7 Å². The van der Waals surface area contributed by atoms with Crippen LogP contribution in [0.25, 0.3) is 0 Å². The Morgan fingerprint density at radius 1 is 1.04 bits per heavy atom. The van der Waals surface area contributed by atoms with Gasteiger partial charge in [0.15, 0.2) is 6.04 Å². The summed E-state index contributed by atoms with van der Waals surface area (Å²) < 4.78 is 37.7. The van der Waals surface area contributed by atoms with Crippen LogP contribution in [0.3, 0.4) is 0 Å². The monoisotopic (exact) mass is 366 g/mol. The van der Waals surface area contributed by atoms with Crippen LogP contribution >= 0.6 is 0 Å². The van der Waals surface area contributed by atoms with E-state index in [0.717, 1.165) is 17.7 Å². The van der Waals surface area contributed by atoms with Gasteiger partial charge in [0.05, 0.1) is 12.1 Å². The fourth-order valence-corrected chi connectivity index (χ4v) is 2.53. The zero-order valence-corrected chi connectivity index (χ0v) is 13.8. The van der Waals surface area contributed by atoms with E-state index < -0.39 is 29.7 Å². The van der Waals surface area contributed by atoms with Crippen molar-refractivity contribution in [2.75, 3.05) is 6.54 Å². The van der Waals surface area contributed by atoms with Crippen molar-refractivity contribution in [3.63, 3.8) is 0 Å². The molecule has 0 saturated heterocycles. The van der Waals surface area contributed by atoms with Gasteiger partial charge in [0.1, 0.15) is 0 Å². The fourth-order valence-electron chi connectivity index (χ4n) is 2.53. The highest BCUT2D eigenvalue weighted by molar-refractivity contribution is 5.96. The number of benzene rings is 2.